The van der Waals surface area contributed by atoms with Gasteiger partial charge in [-0.1, -0.05) is 24.3 Å². The third-order valence-electron chi connectivity index (χ3n) is 9.96. The topological polar surface area (TPSA) is 185 Å². The van der Waals surface area contributed by atoms with E-state index in [1.54, 1.807) is 30.7 Å². The van der Waals surface area contributed by atoms with Gasteiger partial charge < -0.3 is 39.9 Å². The summed E-state index contributed by atoms with van der Waals surface area (Å²) in [5, 5.41) is 20.3. The van der Waals surface area contributed by atoms with E-state index in [1.165, 1.54) is 6.07 Å². The highest BCUT2D eigenvalue weighted by atomic mass is 31.2. The molecule has 2 aromatic heterocycles. The van der Waals surface area contributed by atoms with E-state index >= 15 is 0 Å². The van der Waals surface area contributed by atoms with Crippen LogP contribution in [0.1, 0.15) is 59.5 Å². The Labute approximate surface area is 333 Å². The molecule has 0 bridgehead atoms. The van der Waals surface area contributed by atoms with Crippen molar-refractivity contribution in [2.45, 2.75) is 52.4 Å². The van der Waals surface area contributed by atoms with Crippen LogP contribution in [-0.2, 0) is 17.7 Å². The highest BCUT2D eigenvalue weighted by Gasteiger charge is 2.31. The summed E-state index contributed by atoms with van der Waals surface area (Å²) in [4.78, 5) is 50.1. The predicted molar refractivity (Wildman–Crippen MR) is 219 cm³/mol. The quantitative estimate of drug-likeness (QED) is 0.0697. The number of hydrogen-bond donors (Lipinski definition) is 5. The van der Waals surface area contributed by atoms with Crippen molar-refractivity contribution < 1.29 is 33.3 Å². The van der Waals surface area contributed by atoms with Crippen molar-refractivity contribution in [3.8, 4) is 17.0 Å². The SMILES string of the molecule is Cc1ccc(NC(=O)c2ccc(CN3CC[N+](C)(Cc4ccc(C(O)CNC(C)(C)C)cc4OP(=O)([O-])O)CC3)cc2)cc1Nc1nccc(-c2cccnc2)n1. The molecule has 3 aromatic carbocycles. The zero-order valence-corrected chi connectivity index (χ0v) is 33.9. The number of carbonyl (C=O) groups excluding carboxylic acids is 1. The fourth-order valence-electron chi connectivity index (χ4n) is 6.63. The number of nitrogens with one attached hydrogen (secondary N) is 3. The fraction of sp³-hybridized carbons (Fsp3) is 0.333. The lowest BCUT2D eigenvalue weighted by molar-refractivity contribution is -0.926. The van der Waals surface area contributed by atoms with E-state index in [1.807, 2.05) is 88.4 Å². The molecular weight excluding hydrogens is 743 g/mol. The Morgan fingerprint density at radius 1 is 1.04 bits per heavy atom. The molecule has 1 amide bonds. The standard InChI is InChI=1S/C42H51N8O6P/c1-29-8-15-35(24-37(29)48-41-44-18-16-36(47-41)33-7-6-17-43-25-33)46-40(52)31-11-9-30(10-12-31)27-49-19-21-50(5,22-20-49)28-34-14-13-32(23-39(34)56-57(53,54)55)38(51)26-45-42(2,3)4/h6-18,23-25,38,45,51H,19-22,26-28H2,1-5H3,(H3-,44,46,47,48,52,53,54,55). The van der Waals surface area contributed by atoms with Crippen molar-refractivity contribution in [3.63, 3.8) is 0 Å². The summed E-state index contributed by atoms with van der Waals surface area (Å²) in [6.45, 7) is 12.6. The van der Waals surface area contributed by atoms with Gasteiger partial charge in [0.15, 0.2) is 0 Å². The number of rotatable bonds is 14. The molecule has 0 radical (unpaired) electrons. The van der Waals surface area contributed by atoms with Crippen LogP contribution in [0.5, 0.6) is 5.75 Å². The van der Waals surface area contributed by atoms with Gasteiger partial charge in [0, 0.05) is 78.4 Å². The minimum absolute atomic E-state index is 0.0195. The van der Waals surface area contributed by atoms with Gasteiger partial charge in [0.05, 0.1) is 31.9 Å². The van der Waals surface area contributed by atoms with Crippen LogP contribution in [0, 0.1) is 6.92 Å². The van der Waals surface area contributed by atoms with Gasteiger partial charge >= 0.3 is 7.82 Å². The first-order valence-electron chi connectivity index (χ1n) is 18.9. The Balaban J connectivity index is 1.03. The molecule has 2 unspecified atom stereocenters. The van der Waals surface area contributed by atoms with Crippen LogP contribution in [-0.4, -0.2) is 85.6 Å². The molecule has 300 valence electrons. The van der Waals surface area contributed by atoms with Crippen LogP contribution in [0.2, 0.25) is 0 Å². The number of amides is 1. The highest BCUT2D eigenvalue weighted by Crippen LogP contribution is 2.38. The first kappa shape index (κ1) is 41.6. The van der Waals surface area contributed by atoms with Crippen molar-refractivity contribution in [3.05, 3.63) is 125 Å². The highest BCUT2D eigenvalue weighted by molar-refractivity contribution is 7.45. The van der Waals surface area contributed by atoms with Crippen LogP contribution < -0.4 is 25.4 Å². The summed E-state index contributed by atoms with van der Waals surface area (Å²) in [5.41, 5.74) is 6.53. The normalized spacial score (nSPS) is 16.0. The summed E-state index contributed by atoms with van der Waals surface area (Å²) in [6.07, 6.45) is 4.26. The van der Waals surface area contributed by atoms with Crippen molar-refractivity contribution in [1.29, 1.82) is 0 Å². The molecule has 57 heavy (non-hydrogen) atoms. The number of aromatic nitrogens is 3. The van der Waals surface area contributed by atoms with Gasteiger partial charge in [0.2, 0.25) is 5.95 Å². The van der Waals surface area contributed by atoms with Crippen LogP contribution in [0.4, 0.5) is 17.3 Å². The molecule has 0 spiro atoms. The number of aliphatic hydroxyl groups is 1. The van der Waals surface area contributed by atoms with Gasteiger partial charge in [0.25, 0.3) is 5.91 Å². The summed E-state index contributed by atoms with van der Waals surface area (Å²) >= 11 is 0. The maximum Gasteiger partial charge on any atom is 0.317 e. The smallest absolute Gasteiger partial charge is 0.317 e. The number of carbonyl (C=O) groups is 1. The number of pyridine rings is 1. The summed E-state index contributed by atoms with van der Waals surface area (Å²) in [5.74, 6) is 0.229. The van der Waals surface area contributed by atoms with Gasteiger partial charge in [-0.05, 0) is 99.0 Å². The molecular formula is C42H51N8O6P. The second-order valence-corrected chi connectivity index (χ2v) is 17.0. The number of benzene rings is 3. The number of quaternary nitrogens is 1. The van der Waals surface area contributed by atoms with Crippen LogP contribution in [0.15, 0.2) is 97.5 Å². The molecule has 2 atom stereocenters. The Morgan fingerprint density at radius 2 is 1.79 bits per heavy atom. The van der Waals surface area contributed by atoms with E-state index in [9.17, 15) is 24.3 Å². The first-order valence-corrected chi connectivity index (χ1v) is 20.4. The molecule has 1 fully saturated rings. The molecule has 0 aliphatic carbocycles. The number of aliphatic hydroxyl groups excluding tert-OH is 1. The number of aryl methyl sites for hydroxylation is 1. The third-order valence-corrected chi connectivity index (χ3v) is 10.4. The minimum Gasteiger partial charge on any atom is -0.746 e. The number of piperazine rings is 1. The monoisotopic (exact) mass is 794 g/mol. The number of anilines is 3. The van der Waals surface area contributed by atoms with Crippen LogP contribution in [0.3, 0.4) is 0 Å². The average molecular weight is 795 g/mol. The van der Waals surface area contributed by atoms with E-state index in [0.29, 0.717) is 45.9 Å². The van der Waals surface area contributed by atoms with E-state index in [-0.39, 0.29) is 23.7 Å². The molecule has 14 nitrogen and oxygen atoms in total. The largest absolute Gasteiger partial charge is 0.746 e. The molecule has 1 aliphatic heterocycles. The van der Waals surface area contributed by atoms with E-state index < -0.39 is 13.9 Å². The number of nitrogens with zero attached hydrogens (tertiary/aromatic N) is 5. The van der Waals surface area contributed by atoms with Crippen molar-refractivity contribution in [2.24, 2.45) is 0 Å². The fourth-order valence-corrected chi connectivity index (χ4v) is 7.05. The molecule has 15 heteroatoms. The number of likely N-dealkylation sites (N-methyl/N-ethyl adjacent to an activating group) is 1. The third kappa shape index (κ3) is 12.0. The molecule has 6 rings (SSSR count). The van der Waals surface area contributed by atoms with Crippen LogP contribution in [0.25, 0.3) is 11.3 Å². The number of phosphoric acid groups is 1. The number of hydrogen-bond acceptors (Lipinski definition) is 11. The number of β-amino-alcohol motifs (C(OH)–C–C–N with tert-alkyl or cyclic N) is 1. The lowest BCUT2D eigenvalue weighted by Crippen LogP contribution is -2.56. The lowest BCUT2D eigenvalue weighted by atomic mass is 10.0. The summed E-state index contributed by atoms with van der Waals surface area (Å²) in [6, 6.07) is 23.9. The molecule has 5 N–H and O–H groups in total. The van der Waals surface area contributed by atoms with Gasteiger partial charge in [-0.15, -0.1) is 0 Å². The molecule has 5 aromatic rings. The predicted octanol–water partition coefficient (Wildman–Crippen LogP) is 5.57. The van der Waals surface area contributed by atoms with E-state index in [0.717, 1.165) is 54.3 Å². The van der Waals surface area contributed by atoms with Crippen molar-refractivity contribution in [2.75, 3.05) is 50.4 Å². The number of phosphoric ester groups is 1. The maximum atomic E-state index is 13.3. The van der Waals surface area contributed by atoms with Gasteiger partial charge in [-0.3, -0.25) is 19.2 Å². The second-order valence-electron chi connectivity index (χ2n) is 15.9. The Hall–Kier alpha value is -5.05. The molecule has 1 aliphatic rings. The summed E-state index contributed by atoms with van der Waals surface area (Å²) < 4.78 is 17.5. The van der Waals surface area contributed by atoms with Gasteiger partial charge in [0.1, 0.15) is 12.3 Å². The first-order chi connectivity index (χ1) is 27.0. The van der Waals surface area contributed by atoms with Crippen molar-refractivity contribution in [1.82, 2.24) is 25.2 Å². The van der Waals surface area contributed by atoms with Gasteiger partial charge in [-0.25, -0.2) is 9.97 Å². The minimum atomic E-state index is -5.08. The van der Waals surface area contributed by atoms with Crippen molar-refractivity contribution >= 4 is 31.1 Å². The summed E-state index contributed by atoms with van der Waals surface area (Å²) in [7, 11) is -2.97. The van der Waals surface area contributed by atoms with E-state index in [4.69, 9.17) is 4.52 Å². The Kier molecular flexibility index (Phi) is 12.8. The Morgan fingerprint density at radius 3 is 2.47 bits per heavy atom. The maximum absolute atomic E-state index is 13.3. The van der Waals surface area contributed by atoms with E-state index in [2.05, 4.69) is 42.8 Å². The second kappa shape index (κ2) is 17.6. The molecule has 1 saturated heterocycles. The molecule has 0 saturated carbocycles. The zero-order chi connectivity index (χ0) is 40.8. The lowest BCUT2D eigenvalue weighted by Gasteiger charge is -2.42. The Bertz CT molecular complexity index is 2200. The van der Waals surface area contributed by atoms with Gasteiger partial charge in [-0.2, -0.15) is 0 Å². The van der Waals surface area contributed by atoms with Crippen LogP contribution >= 0.6 is 7.82 Å². The zero-order valence-electron chi connectivity index (χ0n) is 33.0. The molecule has 3 heterocycles. The average Bonchev–Trinajstić information content (AvgIpc) is 3.17.